The van der Waals surface area contributed by atoms with Gasteiger partial charge in [-0.3, -0.25) is 14.3 Å². The second kappa shape index (κ2) is 8.70. The van der Waals surface area contributed by atoms with E-state index in [0.29, 0.717) is 43.5 Å². The van der Waals surface area contributed by atoms with E-state index in [1.165, 1.54) is 4.68 Å². The summed E-state index contributed by atoms with van der Waals surface area (Å²) in [5.74, 6) is -0.146. The minimum absolute atomic E-state index is 0.128. The van der Waals surface area contributed by atoms with Crippen LogP contribution >= 0.6 is 0 Å². The summed E-state index contributed by atoms with van der Waals surface area (Å²) in [7, 11) is 1.68. The van der Waals surface area contributed by atoms with Crippen LogP contribution in [0.15, 0.2) is 42.7 Å². The van der Waals surface area contributed by atoms with Gasteiger partial charge in [0.25, 0.3) is 11.8 Å². The monoisotopic (exact) mass is 407 g/mol. The number of amides is 2. The molecule has 0 fully saturated rings. The molecule has 3 aromatic rings. The smallest absolute Gasteiger partial charge is 0.274 e. The number of fused-ring (bicyclic) bond motifs is 6. The van der Waals surface area contributed by atoms with Gasteiger partial charge in [-0.1, -0.05) is 6.07 Å². The SMILES string of the molecule is Cn1cc2c(n1)C(=O)NCCOCCNc1cc(ccn1)-c1cccc(n1)C(=O)N2. The standard InChI is InChI=1S/C20H21N7O3/c1-27-12-16-18(26-27)20(29)23-8-10-30-9-7-22-17-11-13(5-6-21-17)14-3-2-4-15(24-14)19(28)25-16/h2-6,11-12H,7-10H2,1H3,(H,21,22)(H,23,29)(H,25,28). The van der Waals surface area contributed by atoms with Gasteiger partial charge >= 0.3 is 0 Å². The summed E-state index contributed by atoms with van der Waals surface area (Å²) in [6.45, 7) is 1.69. The van der Waals surface area contributed by atoms with Gasteiger partial charge in [-0.15, -0.1) is 0 Å². The van der Waals surface area contributed by atoms with Crippen LogP contribution in [0.25, 0.3) is 11.3 Å². The summed E-state index contributed by atoms with van der Waals surface area (Å²) >= 11 is 0. The van der Waals surface area contributed by atoms with Crippen molar-refractivity contribution in [1.82, 2.24) is 25.1 Å². The molecule has 3 N–H and O–H groups in total. The molecule has 0 radical (unpaired) electrons. The zero-order valence-electron chi connectivity index (χ0n) is 16.4. The van der Waals surface area contributed by atoms with Gasteiger partial charge in [-0.25, -0.2) is 9.97 Å². The average molecular weight is 407 g/mol. The van der Waals surface area contributed by atoms with E-state index in [-0.39, 0.29) is 11.4 Å². The van der Waals surface area contributed by atoms with Gasteiger partial charge in [0.05, 0.1) is 24.6 Å². The lowest BCUT2D eigenvalue weighted by Gasteiger charge is -2.10. The van der Waals surface area contributed by atoms with Crippen LogP contribution in [0.1, 0.15) is 21.0 Å². The number of anilines is 2. The minimum Gasteiger partial charge on any atom is -0.378 e. The zero-order chi connectivity index (χ0) is 20.9. The first-order chi connectivity index (χ1) is 14.6. The quantitative estimate of drug-likeness (QED) is 0.513. The number of hydrogen-bond donors (Lipinski definition) is 3. The Morgan fingerprint density at radius 3 is 2.70 bits per heavy atom. The number of nitrogens with zero attached hydrogens (tertiary/aromatic N) is 4. The van der Waals surface area contributed by atoms with Crippen LogP contribution in [-0.4, -0.2) is 57.9 Å². The van der Waals surface area contributed by atoms with E-state index in [2.05, 4.69) is 31.0 Å². The first-order valence-corrected chi connectivity index (χ1v) is 9.48. The predicted octanol–water partition coefficient (Wildman–Crippen LogP) is 1.30. The van der Waals surface area contributed by atoms with Crippen LogP contribution in [0.5, 0.6) is 0 Å². The molecule has 30 heavy (non-hydrogen) atoms. The van der Waals surface area contributed by atoms with Crippen molar-refractivity contribution in [1.29, 1.82) is 0 Å². The number of aryl methyl sites for hydroxylation is 1. The van der Waals surface area contributed by atoms with Crippen molar-refractivity contribution < 1.29 is 14.3 Å². The lowest BCUT2D eigenvalue weighted by molar-refractivity contribution is 0.0916. The van der Waals surface area contributed by atoms with Crippen molar-refractivity contribution in [3.8, 4) is 11.3 Å². The third-order valence-electron chi connectivity index (χ3n) is 4.41. The van der Waals surface area contributed by atoms with Gasteiger partial charge in [0.15, 0.2) is 5.69 Å². The van der Waals surface area contributed by atoms with E-state index < -0.39 is 11.8 Å². The highest BCUT2D eigenvalue weighted by Gasteiger charge is 2.19. The molecule has 10 heteroatoms. The Morgan fingerprint density at radius 2 is 1.83 bits per heavy atom. The number of ether oxygens (including phenoxy) is 1. The van der Waals surface area contributed by atoms with Gasteiger partial charge in [0, 0.05) is 38.1 Å². The second-order valence-corrected chi connectivity index (χ2v) is 6.65. The maximum atomic E-state index is 12.8. The fourth-order valence-electron chi connectivity index (χ4n) is 3.02. The van der Waals surface area contributed by atoms with E-state index in [1.54, 1.807) is 31.6 Å². The van der Waals surface area contributed by atoms with Gasteiger partial charge in [-0.2, -0.15) is 5.10 Å². The Hall–Kier alpha value is -3.79. The Kier molecular flexibility index (Phi) is 5.66. The molecule has 4 bridgehead atoms. The molecule has 0 saturated carbocycles. The Labute approximate surface area is 172 Å². The number of nitrogens with one attached hydrogen (secondary N) is 3. The molecular formula is C20H21N7O3. The molecule has 2 amide bonds. The largest absolute Gasteiger partial charge is 0.378 e. The molecule has 0 aromatic carbocycles. The Balaban J connectivity index is 1.68. The molecule has 154 valence electrons. The normalized spacial score (nSPS) is 15.1. The van der Waals surface area contributed by atoms with E-state index >= 15 is 0 Å². The molecule has 0 spiro atoms. The number of carbonyl (C=O) groups is 2. The van der Waals surface area contributed by atoms with Crippen LogP contribution in [0.2, 0.25) is 0 Å². The molecular weight excluding hydrogens is 386 g/mol. The summed E-state index contributed by atoms with van der Waals surface area (Å²) in [5, 5.41) is 12.8. The fraction of sp³-hybridized carbons (Fsp3) is 0.250. The van der Waals surface area contributed by atoms with Crippen molar-refractivity contribution in [2.24, 2.45) is 7.05 Å². The van der Waals surface area contributed by atoms with Crippen molar-refractivity contribution in [2.75, 3.05) is 36.9 Å². The lowest BCUT2D eigenvalue weighted by atomic mass is 10.1. The molecule has 0 atom stereocenters. The van der Waals surface area contributed by atoms with Crippen molar-refractivity contribution >= 4 is 23.3 Å². The molecule has 1 aliphatic heterocycles. The fourth-order valence-corrected chi connectivity index (χ4v) is 3.02. The van der Waals surface area contributed by atoms with Crippen molar-refractivity contribution in [3.05, 3.63) is 54.1 Å². The van der Waals surface area contributed by atoms with E-state index in [0.717, 1.165) is 5.56 Å². The summed E-state index contributed by atoms with van der Waals surface area (Å²) in [5.41, 5.74) is 2.12. The number of carbonyl (C=O) groups excluding carboxylic acids is 2. The van der Waals surface area contributed by atoms with Crippen LogP contribution in [0.4, 0.5) is 11.5 Å². The maximum Gasteiger partial charge on any atom is 0.274 e. The molecule has 0 saturated heterocycles. The van der Waals surface area contributed by atoms with Crippen LogP contribution in [0, 0.1) is 0 Å². The maximum absolute atomic E-state index is 12.8. The van der Waals surface area contributed by atoms with Gasteiger partial charge in [0.2, 0.25) is 0 Å². The highest BCUT2D eigenvalue weighted by atomic mass is 16.5. The molecule has 10 nitrogen and oxygen atoms in total. The number of hydrogen-bond acceptors (Lipinski definition) is 7. The van der Waals surface area contributed by atoms with E-state index in [1.807, 2.05) is 18.2 Å². The second-order valence-electron chi connectivity index (χ2n) is 6.65. The van der Waals surface area contributed by atoms with Gasteiger partial charge in [0.1, 0.15) is 11.5 Å². The Morgan fingerprint density at radius 1 is 1.03 bits per heavy atom. The van der Waals surface area contributed by atoms with Crippen LogP contribution < -0.4 is 16.0 Å². The first-order valence-electron chi connectivity index (χ1n) is 9.48. The van der Waals surface area contributed by atoms with Crippen molar-refractivity contribution in [2.45, 2.75) is 0 Å². The van der Waals surface area contributed by atoms with E-state index in [9.17, 15) is 9.59 Å². The van der Waals surface area contributed by atoms with Crippen molar-refractivity contribution in [3.63, 3.8) is 0 Å². The number of rotatable bonds is 0. The number of aromatic nitrogens is 4. The highest BCUT2D eigenvalue weighted by Crippen LogP contribution is 2.20. The van der Waals surface area contributed by atoms with Crippen LogP contribution in [0.3, 0.4) is 0 Å². The van der Waals surface area contributed by atoms with E-state index in [4.69, 9.17) is 4.74 Å². The molecule has 1 aliphatic rings. The Bertz CT molecular complexity index is 1080. The van der Waals surface area contributed by atoms with Gasteiger partial charge < -0.3 is 20.7 Å². The minimum atomic E-state index is -0.434. The molecule has 0 aliphatic carbocycles. The highest BCUT2D eigenvalue weighted by molar-refractivity contribution is 6.07. The predicted molar refractivity (Wildman–Crippen MR) is 110 cm³/mol. The third kappa shape index (κ3) is 4.44. The molecule has 0 unspecified atom stereocenters. The first kappa shape index (κ1) is 19.5. The average Bonchev–Trinajstić information content (AvgIpc) is 3.12. The summed E-state index contributed by atoms with van der Waals surface area (Å²) in [6.07, 6.45) is 3.26. The molecule has 4 rings (SSSR count). The van der Waals surface area contributed by atoms with Crippen LogP contribution in [-0.2, 0) is 11.8 Å². The summed E-state index contributed by atoms with van der Waals surface area (Å²) in [4.78, 5) is 34.0. The molecule has 4 heterocycles. The lowest BCUT2D eigenvalue weighted by Crippen LogP contribution is -2.29. The third-order valence-corrected chi connectivity index (χ3v) is 4.41. The summed E-state index contributed by atoms with van der Waals surface area (Å²) in [6, 6.07) is 8.89. The molecule has 3 aromatic heterocycles. The number of pyridine rings is 2. The summed E-state index contributed by atoms with van der Waals surface area (Å²) < 4.78 is 7.00. The topological polar surface area (TPSA) is 123 Å². The van der Waals surface area contributed by atoms with Gasteiger partial charge in [-0.05, 0) is 24.3 Å². The zero-order valence-corrected chi connectivity index (χ0v) is 16.4.